The van der Waals surface area contributed by atoms with Crippen molar-refractivity contribution in [2.75, 3.05) is 6.61 Å². The van der Waals surface area contributed by atoms with Gasteiger partial charge in [0.1, 0.15) is 0 Å². The van der Waals surface area contributed by atoms with Crippen LogP contribution in [-0.4, -0.2) is 18.6 Å². The molecule has 1 amide bonds. The number of halogens is 1. The summed E-state index contributed by atoms with van der Waals surface area (Å²) in [5, 5.41) is 3.49. The monoisotopic (exact) mass is 355 g/mol. The van der Waals surface area contributed by atoms with Crippen LogP contribution in [-0.2, 0) is 16.1 Å². The van der Waals surface area contributed by atoms with Crippen LogP contribution >= 0.6 is 11.6 Å². The standard InChI is InChI=1S/C21H22ClNO2/c22-20(17-10-5-2-6-11-17)19(14-18-12-7-13-25-18)21(24)23-15-16-8-3-1-4-9-16/h1-6,8-11,18H,7,12-15H2,(H,23,24)/b20-19-. The fourth-order valence-electron chi connectivity index (χ4n) is 2.96. The van der Waals surface area contributed by atoms with Crippen molar-refractivity contribution in [3.8, 4) is 0 Å². The maximum absolute atomic E-state index is 12.8. The summed E-state index contributed by atoms with van der Waals surface area (Å²) in [6, 6.07) is 19.5. The van der Waals surface area contributed by atoms with Crippen molar-refractivity contribution in [2.45, 2.75) is 31.9 Å². The Morgan fingerprint density at radius 2 is 1.76 bits per heavy atom. The van der Waals surface area contributed by atoms with Crippen LogP contribution < -0.4 is 5.32 Å². The lowest BCUT2D eigenvalue weighted by Gasteiger charge is -2.15. The zero-order chi connectivity index (χ0) is 17.5. The Morgan fingerprint density at radius 1 is 1.08 bits per heavy atom. The van der Waals surface area contributed by atoms with Crippen LogP contribution in [0.1, 0.15) is 30.4 Å². The molecule has 4 heteroatoms. The fourth-order valence-corrected chi connectivity index (χ4v) is 3.25. The van der Waals surface area contributed by atoms with E-state index in [0.717, 1.165) is 30.6 Å². The van der Waals surface area contributed by atoms with E-state index in [0.29, 0.717) is 23.6 Å². The predicted molar refractivity (Wildman–Crippen MR) is 101 cm³/mol. The summed E-state index contributed by atoms with van der Waals surface area (Å²) in [6.45, 7) is 1.24. The minimum absolute atomic E-state index is 0.0648. The molecular formula is C21H22ClNO2. The number of hydrogen-bond donors (Lipinski definition) is 1. The highest BCUT2D eigenvalue weighted by molar-refractivity contribution is 6.51. The molecule has 130 valence electrons. The Balaban J connectivity index is 1.78. The number of ether oxygens (including phenoxy) is 1. The zero-order valence-electron chi connectivity index (χ0n) is 14.1. The number of nitrogens with one attached hydrogen (secondary N) is 1. The molecule has 1 atom stereocenters. The number of rotatable bonds is 6. The highest BCUT2D eigenvalue weighted by atomic mass is 35.5. The van der Waals surface area contributed by atoms with Gasteiger partial charge in [0.05, 0.1) is 11.1 Å². The van der Waals surface area contributed by atoms with Crippen molar-refractivity contribution in [1.82, 2.24) is 5.32 Å². The first-order valence-electron chi connectivity index (χ1n) is 8.62. The molecule has 1 heterocycles. The molecule has 2 aromatic rings. The molecule has 1 fully saturated rings. The second kappa shape index (κ2) is 8.84. The van der Waals surface area contributed by atoms with Crippen LogP contribution in [0.5, 0.6) is 0 Å². The fraction of sp³-hybridized carbons (Fsp3) is 0.286. The average molecular weight is 356 g/mol. The Bertz CT molecular complexity index is 722. The highest BCUT2D eigenvalue weighted by Crippen LogP contribution is 2.29. The zero-order valence-corrected chi connectivity index (χ0v) is 14.8. The molecule has 2 aromatic carbocycles. The van der Waals surface area contributed by atoms with E-state index in [1.807, 2.05) is 60.7 Å². The lowest BCUT2D eigenvalue weighted by molar-refractivity contribution is -0.118. The molecule has 3 rings (SSSR count). The Kier molecular flexibility index (Phi) is 6.26. The van der Waals surface area contributed by atoms with Gasteiger partial charge in [0.2, 0.25) is 5.91 Å². The van der Waals surface area contributed by atoms with Crippen molar-refractivity contribution in [3.05, 3.63) is 77.4 Å². The van der Waals surface area contributed by atoms with Gasteiger partial charge in [-0.25, -0.2) is 0 Å². The van der Waals surface area contributed by atoms with E-state index in [9.17, 15) is 4.79 Å². The van der Waals surface area contributed by atoms with Crippen molar-refractivity contribution in [3.63, 3.8) is 0 Å². The smallest absolute Gasteiger partial charge is 0.249 e. The van der Waals surface area contributed by atoms with Crippen LogP contribution in [0.25, 0.3) is 5.03 Å². The van der Waals surface area contributed by atoms with Crippen molar-refractivity contribution < 1.29 is 9.53 Å². The van der Waals surface area contributed by atoms with E-state index in [1.165, 1.54) is 0 Å². The molecule has 1 aliphatic rings. The molecule has 1 saturated heterocycles. The second-order valence-electron chi connectivity index (χ2n) is 6.17. The second-order valence-corrected chi connectivity index (χ2v) is 6.54. The van der Waals surface area contributed by atoms with E-state index in [2.05, 4.69) is 5.32 Å². The predicted octanol–water partition coefficient (Wildman–Crippen LogP) is 4.52. The van der Waals surface area contributed by atoms with Gasteiger partial charge in [0.15, 0.2) is 0 Å². The largest absolute Gasteiger partial charge is 0.378 e. The van der Waals surface area contributed by atoms with Gasteiger partial charge in [-0.3, -0.25) is 4.79 Å². The van der Waals surface area contributed by atoms with Gasteiger partial charge in [-0.15, -0.1) is 0 Å². The third kappa shape index (κ3) is 4.94. The summed E-state index contributed by atoms with van der Waals surface area (Å²) < 4.78 is 5.71. The Morgan fingerprint density at radius 3 is 2.40 bits per heavy atom. The van der Waals surface area contributed by atoms with Crippen LogP contribution in [0.2, 0.25) is 0 Å². The van der Waals surface area contributed by atoms with Gasteiger partial charge in [0, 0.05) is 25.1 Å². The summed E-state index contributed by atoms with van der Waals surface area (Å²) in [5.41, 5.74) is 2.51. The summed E-state index contributed by atoms with van der Waals surface area (Å²) in [4.78, 5) is 12.8. The third-order valence-corrected chi connectivity index (χ3v) is 4.76. The average Bonchev–Trinajstić information content (AvgIpc) is 3.18. The van der Waals surface area contributed by atoms with Gasteiger partial charge in [-0.2, -0.15) is 0 Å². The molecule has 0 radical (unpaired) electrons. The van der Waals surface area contributed by atoms with E-state index < -0.39 is 0 Å². The molecule has 1 N–H and O–H groups in total. The van der Waals surface area contributed by atoms with E-state index in [-0.39, 0.29) is 12.0 Å². The number of benzene rings is 2. The van der Waals surface area contributed by atoms with Gasteiger partial charge in [-0.1, -0.05) is 72.3 Å². The van der Waals surface area contributed by atoms with Crippen LogP contribution in [0, 0.1) is 0 Å². The molecule has 0 aliphatic carbocycles. The molecule has 1 aliphatic heterocycles. The van der Waals surface area contributed by atoms with Gasteiger partial charge in [-0.05, 0) is 24.0 Å². The van der Waals surface area contributed by atoms with Crippen LogP contribution in [0.4, 0.5) is 0 Å². The first-order valence-corrected chi connectivity index (χ1v) is 8.99. The first kappa shape index (κ1) is 17.7. The first-order chi connectivity index (χ1) is 12.2. The minimum atomic E-state index is -0.131. The molecule has 0 aromatic heterocycles. The van der Waals surface area contributed by atoms with E-state index in [4.69, 9.17) is 16.3 Å². The van der Waals surface area contributed by atoms with Crippen LogP contribution in [0.15, 0.2) is 66.2 Å². The van der Waals surface area contributed by atoms with Crippen molar-refractivity contribution >= 4 is 22.5 Å². The Hall–Kier alpha value is -2.10. The Labute approximate surface area is 153 Å². The molecule has 1 unspecified atom stereocenters. The number of carbonyl (C=O) groups excluding carboxylic acids is 1. The number of carbonyl (C=O) groups is 1. The molecule has 0 spiro atoms. The molecular weight excluding hydrogens is 334 g/mol. The van der Waals surface area contributed by atoms with Crippen LogP contribution in [0.3, 0.4) is 0 Å². The van der Waals surface area contributed by atoms with Gasteiger partial charge in [0.25, 0.3) is 0 Å². The molecule has 25 heavy (non-hydrogen) atoms. The normalized spacial score (nSPS) is 17.9. The maximum Gasteiger partial charge on any atom is 0.249 e. The summed E-state index contributed by atoms with van der Waals surface area (Å²) in [5.74, 6) is -0.131. The molecule has 0 bridgehead atoms. The highest BCUT2D eigenvalue weighted by Gasteiger charge is 2.23. The third-order valence-electron chi connectivity index (χ3n) is 4.32. The lowest BCUT2D eigenvalue weighted by atomic mass is 10.0. The topological polar surface area (TPSA) is 38.3 Å². The SMILES string of the molecule is O=C(NCc1ccccc1)/C(CC1CCCO1)=C(\Cl)c1ccccc1. The van der Waals surface area contributed by atoms with Crippen molar-refractivity contribution in [1.29, 1.82) is 0 Å². The maximum atomic E-state index is 12.8. The lowest BCUT2D eigenvalue weighted by Crippen LogP contribution is -2.27. The minimum Gasteiger partial charge on any atom is -0.378 e. The van der Waals surface area contributed by atoms with Crippen molar-refractivity contribution in [2.24, 2.45) is 0 Å². The van der Waals surface area contributed by atoms with E-state index in [1.54, 1.807) is 0 Å². The number of hydrogen-bond acceptors (Lipinski definition) is 2. The van der Waals surface area contributed by atoms with Gasteiger partial charge < -0.3 is 10.1 Å². The quantitative estimate of drug-likeness (QED) is 0.773. The summed E-state index contributed by atoms with van der Waals surface area (Å²) in [7, 11) is 0. The number of amides is 1. The summed E-state index contributed by atoms with van der Waals surface area (Å²) >= 11 is 6.59. The molecule has 0 saturated carbocycles. The van der Waals surface area contributed by atoms with E-state index >= 15 is 0 Å². The molecule has 3 nitrogen and oxygen atoms in total. The van der Waals surface area contributed by atoms with Gasteiger partial charge >= 0.3 is 0 Å². The summed E-state index contributed by atoms with van der Waals surface area (Å²) in [6.07, 6.45) is 2.60.